The molecule has 0 heterocycles. The first-order valence-electron chi connectivity index (χ1n) is 6.97. The molecule has 4 atom stereocenters. The minimum absolute atomic E-state index is 0.0366. The van der Waals surface area contributed by atoms with Gasteiger partial charge in [0.05, 0.1) is 5.92 Å². The number of aliphatic carboxylic acids is 1. The van der Waals surface area contributed by atoms with Crippen molar-refractivity contribution in [2.45, 2.75) is 58.9 Å². The van der Waals surface area contributed by atoms with Crippen LogP contribution in [0.25, 0.3) is 0 Å². The molecule has 4 nitrogen and oxygen atoms in total. The Labute approximate surface area is 109 Å². The standard InChI is InChI=1S/C14H25NO3/c1-4-9(2)7-10(3)15-13(16)11-5-6-12(8-11)14(17)18/h9-12H,4-8H2,1-3H3,(H,15,16)(H,17,18). The summed E-state index contributed by atoms with van der Waals surface area (Å²) in [5, 5.41) is 11.9. The maximum atomic E-state index is 12.0. The number of carbonyl (C=O) groups is 2. The molecule has 0 aromatic heterocycles. The molecule has 1 aliphatic carbocycles. The van der Waals surface area contributed by atoms with Crippen molar-refractivity contribution in [3.8, 4) is 0 Å². The molecule has 2 N–H and O–H groups in total. The molecule has 0 aromatic carbocycles. The monoisotopic (exact) mass is 255 g/mol. The van der Waals surface area contributed by atoms with Gasteiger partial charge in [-0.3, -0.25) is 9.59 Å². The molecule has 4 unspecified atom stereocenters. The number of carboxylic acid groups (broad SMARTS) is 1. The van der Waals surface area contributed by atoms with E-state index in [0.29, 0.717) is 25.2 Å². The molecule has 1 saturated carbocycles. The second-order valence-electron chi connectivity index (χ2n) is 5.70. The van der Waals surface area contributed by atoms with Crippen LogP contribution in [-0.4, -0.2) is 23.0 Å². The quantitative estimate of drug-likeness (QED) is 0.766. The van der Waals surface area contributed by atoms with E-state index < -0.39 is 5.97 Å². The maximum Gasteiger partial charge on any atom is 0.306 e. The fourth-order valence-corrected chi connectivity index (χ4v) is 2.63. The van der Waals surface area contributed by atoms with Gasteiger partial charge in [0, 0.05) is 12.0 Å². The van der Waals surface area contributed by atoms with Gasteiger partial charge in [0.2, 0.25) is 5.91 Å². The van der Waals surface area contributed by atoms with Crippen LogP contribution in [0.5, 0.6) is 0 Å². The van der Waals surface area contributed by atoms with Gasteiger partial charge in [-0.2, -0.15) is 0 Å². The second kappa shape index (κ2) is 6.76. The van der Waals surface area contributed by atoms with Crippen molar-refractivity contribution in [1.29, 1.82) is 0 Å². The van der Waals surface area contributed by atoms with E-state index in [4.69, 9.17) is 5.11 Å². The van der Waals surface area contributed by atoms with Crippen molar-refractivity contribution in [2.75, 3.05) is 0 Å². The normalized spacial score (nSPS) is 26.6. The third-order valence-corrected chi connectivity index (χ3v) is 3.99. The van der Waals surface area contributed by atoms with E-state index >= 15 is 0 Å². The highest BCUT2D eigenvalue weighted by Crippen LogP contribution is 2.31. The van der Waals surface area contributed by atoms with Crippen molar-refractivity contribution < 1.29 is 14.7 Å². The minimum atomic E-state index is -0.766. The molecule has 1 rings (SSSR count). The zero-order chi connectivity index (χ0) is 13.7. The summed E-state index contributed by atoms with van der Waals surface area (Å²) in [4.78, 5) is 22.8. The van der Waals surface area contributed by atoms with E-state index in [2.05, 4.69) is 19.2 Å². The van der Waals surface area contributed by atoms with E-state index in [1.807, 2.05) is 6.92 Å². The lowest BCUT2D eigenvalue weighted by Crippen LogP contribution is -2.37. The predicted octanol–water partition coefficient (Wildman–Crippen LogP) is 2.43. The van der Waals surface area contributed by atoms with Crippen LogP contribution in [0.15, 0.2) is 0 Å². The van der Waals surface area contributed by atoms with Gasteiger partial charge in [-0.25, -0.2) is 0 Å². The molecule has 0 radical (unpaired) electrons. The topological polar surface area (TPSA) is 66.4 Å². The molecule has 0 bridgehead atoms. The van der Waals surface area contributed by atoms with Gasteiger partial charge in [-0.05, 0) is 38.5 Å². The largest absolute Gasteiger partial charge is 0.481 e. The number of amides is 1. The van der Waals surface area contributed by atoms with Crippen molar-refractivity contribution in [3.05, 3.63) is 0 Å². The Morgan fingerprint density at radius 2 is 1.89 bits per heavy atom. The minimum Gasteiger partial charge on any atom is -0.481 e. The Morgan fingerprint density at radius 3 is 2.39 bits per heavy atom. The lowest BCUT2D eigenvalue weighted by atomic mass is 9.99. The lowest BCUT2D eigenvalue weighted by molar-refractivity contribution is -0.141. The Balaban J connectivity index is 2.35. The van der Waals surface area contributed by atoms with Gasteiger partial charge in [0.1, 0.15) is 0 Å². The van der Waals surface area contributed by atoms with Crippen LogP contribution in [0.1, 0.15) is 52.9 Å². The van der Waals surface area contributed by atoms with E-state index in [1.165, 1.54) is 0 Å². The van der Waals surface area contributed by atoms with Crippen LogP contribution in [0.3, 0.4) is 0 Å². The fourth-order valence-electron chi connectivity index (χ4n) is 2.63. The first-order valence-corrected chi connectivity index (χ1v) is 6.97. The van der Waals surface area contributed by atoms with E-state index in [0.717, 1.165) is 12.8 Å². The number of carbonyl (C=O) groups excluding carboxylic acids is 1. The van der Waals surface area contributed by atoms with Crippen LogP contribution in [-0.2, 0) is 9.59 Å². The molecule has 1 amide bonds. The molecule has 0 spiro atoms. The van der Waals surface area contributed by atoms with Gasteiger partial charge in [-0.1, -0.05) is 20.3 Å². The SMILES string of the molecule is CCC(C)CC(C)NC(=O)C1CCC(C(=O)O)C1. The molecule has 1 aliphatic rings. The first-order chi connectivity index (χ1) is 8.43. The van der Waals surface area contributed by atoms with E-state index in [1.54, 1.807) is 0 Å². The molecule has 4 heteroatoms. The molecule has 104 valence electrons. The fraction of sp³-hybridized carbons (Fsp3) is 0.857. The van der Waals surface area contributed by atoms with Crippen molar-refractivity contribution >= 4 is 11.9 Å². The van der Waals surface area contributed by atoms with Gasteiger partial charge in [-0.15, -0.1) is 0 Å². The highest BCUT2D eigenvalue weighted by atomic mass is 16.4. The number of carboxylic acids is 1. The molecular formula is C14H25NO3. The van der Waals surface area contributed by atoms with Crippen molar-refractivity contribution in [2.24, 2.45) is 17.8 Å². The zero-order valence-corrected chi connectivity index (χ0v) is 11.6. The summed E-state index contributed by atoms with van der Waals surface area (Å²) in [5.74, 6) is -0.556. The average Bonchev–Trinajstić information content (AvgIpc) is 2.77. The van der Waals surface area contributed by atoms with E-state index in [9.17, 15) is 9.59 Å². The third kappa shape index (κ3) is 4.31. The highest BCUT2D eigenvalue weighted by molar-refractivity contribution is 5.81. The van der Waals surface area contributed by atoms with Crippen molar-refractivity contribution in [3.63, 3.8) is 0 Å². The summed E-state index contributed by atoms with van der Waals surface area (Å²) in [6.07, 6.45) is 3.94. The van der Waals surface area contributed by atoms with Gasteiger partial charge < -0.3 is 10.4 Å². The van der Waals surface area contributed by atoms with Gasteiger partial charge >= 0.3 is 5.97 Å². The molecule has 0 aliphatic heterocycles. The summed E-state index contributed by atoms with van der Waals surface area (Å²) >= 11 is 0. The summed E-state index contributed by atoms with van der Waals surface area (Å²) in [6.45, 7) is 6.35. The van der Waals surface area contributed by atoms with Crippen LogP contribution in [0.2, 0.25) is 0 Å². The number of rotatable bonds is 6. The number of hydrogen-bond donors (Lipinski definition) is 2. The van der Waals surface area contributed by atoms with E-state index in [-0.39, 0.29) is 23.8 Å². The third-order valence-electron chi connectivity index (χ3n) is 3.99. The summed E-state index contributed by atoms with van der Waals surface area (Å²) in [6, 6.07) is 0.177. The Hall–Kier alpha value is -1.06. The lowest BCUT2D eigenvalue weighted by Gasteiger charge is -2.19. The van der Waals surface area contributed by atoms with Crippen molar-refractivity contribution in [1.82, 2.24) is 5.32 Å². The van der Waals surface area contributed by atoms with Crippen LogP contribution in [0.4, 0.5) is 0 Å². The van der Waals surface area contributed by atoms with Crippen LogP contribution < -0.4 is 5.32 Å². The van der Waals surface area contributed by atoms with Crippen LogP contribution >= 0.6 is 0 Å². The zero-order valence-electron chi connectivity index (χ0n) is 11.6. The molecule has 0 saturated heterocycles. The highest BCUT2D eigenvalue weighted by Gasteiger charge is 2.34. The first kappa shape index (κ1) is 15.0. The molecule has 1 fully saturated rings. The molecule has 0 aromatic rings. The van der Waals surface area contributed by atoms with Crippen LogP contribution in [0, 0.1) is 17.8 Å². The molecule has 18 heavy (non-hydrogen) atoms. The average molecular weight is 255 g/mol. The van der Waals surface area contributed by atoms with Gasteiger partial charge in [0.15, 0.2) is 0 Å². The summed E-state index contributed by atoms with van der Waals surface area (Å²) in [7, 11) is 0. The predicted molar refractivity (Wildman–Crippen MR) is 70.1 cm³/mol. The molecular weight excluding hydrogens is 230 g/mol. The summed E-state index contributed by atoms with van der Waals surface area (Å²) < 4.78 is 0. The Kier molecular flexibility index (Phi) is 5.63. The summed E-state index contributed by atoms with van der Waals surface area (Å²) in [5.41, 5.74) is 0. The second-order valence-corrected chi connectivity index (χ2v) is 5.70. The van der Waals surface area contributed by atoms with Gasteiger partial charge in [0.25, 0.3) is 0 Å². The Morgan fingerprint density at radius 1 is 1.28 bits per heavy atom. The number of nitrogens with one attached hydrogen (secondary N) is 1. The number of hydrogen-bond acceptors (Lipinski definition) is 2. The maximum absolute atomic E-state index is 12.0. The Bertz CT molecular complexity index is 303. The smallest absolute Gasteiger partial charge is 0.306 e.